The van der Waals surface area contributed by atoms with Crippen molar-refractivity contribution >= 4 is 34.2 Å². The van der Waals surface area contributed by atoms with E-state index in [1.54, 1.807) is 30.3 Å². The number of rotatable bonds is 5. The van der Waals surface area contributed by atoms with Crippen molar-refractivity contribution in [3.63, 3.8) is 0 Å². The number of hydrogen-bond donors (Lipinski definition) is 2. The summed E-state index contributed by atoms with van der Waals surface area (Å²) in [7, 11) is 0. The highest BCUT2D eigenvalue weighted by atomic mass is 32.2. The van der Waals surface area contributed by atoms with Crippen LogP contribution in [0.3, 0.4) is 0 Å². The molecule has 0 aliphatic rings. The molecule has 3 rings (SSSR count). The second-order valence-corrected chi connectivity index (χ2v) is 5.29. The zero-order valence-electron chi connectivity index (χ0n) is 11.8. The second-order valence-electron chi connectivity index (χ2n) is 4.55. The Kier molecular flexibility index (Phi) is 4.84. The molecule has 3 aromatic rings. The van der Waals surface area contributed by atoms with Gasteiger partial charge in [-0.2, -0.15) is 0 Å². The number of fused-ring (bicyclic) bond motifs is 1. The molecule has 7 heteroatoms. The summed E-state index contributed by atoms with van der Waals surface area (Å²) in [5.74, 6) is 0.0759. The highest BCUT2D eigenvalue weighted by molar-refractivity contribution is 7.94. The summed E-state index contributed by atoms with van der Waals surface area (Å²) in [5.41, 5.74) is 0.880. The zero-order chi connectivity index (χ0) is 16.1. The first-order valence-electron chi connectivity index (χ1n) is 6.66. The number of hydrogen-bond acceptors (Lipinski definition) is 7. The van der Waals surface area contributed by atoms with E-state index < -0.39 is 0 Å². The molecule has 0 aliphatic heterocycles. The summed E-state index contributed by atoms with van der Waals surface area (Å²) in [4.78, 5) is 0.602. The molecule has 0 saturated heterocycles. The highest BCUT2D eigenvalue weighted by Crippen LogP contribution is 2.37. The third-order valence-electron chi connectivity index (χ3n) is 3.16. The lowest BCUT2D eigenvalue weighted by Gasteiger charge is -2.04. The molecule has 23 heavy (non-hydrogen) atoms. The molecule has 0 radical (unpaired) electrons. The third kappa shape index (κ3) is 3.49. The average Bonchev–Trinajstić information content (AvgIpc) is 2.60. The Morgan fingerprint density at radius 1 is 0.826 bits per heavy atom. The lowest BCUT2D eigenvalue weighted by molar-refractivity contribution is -0.432. The number of phenolic OH excluding ortho intramolecular Hbond substituents is 1. The first kappa shape index (κ1) is 15.4. The Hall–Kier alpha value is -2.45. The maximum Gasteiger partial charge on any atom is 0.150 e. The van der Waals surface area contributed by atoms with Crippen molar-refractivity contribution in [2.75, 3.05) is 0 Å². The predicted octanol–water partition coefficient (Wildman–Crippen LogP) is 5.39. The van der Waals surface area contributed by atoms with Gasteiger partial charge in [0.1, 0.15) is 11.4 Å². The molecule has 0 spiro atoms. The van der Waals surface area contributed by atoms with Gasteiger partial charge in [-0.05, 0) is 23.6 Å². The fourth-order valence-corrected chi connectivity index (χ4v) is 2.53. The molecule has 0 saturated carbocycles. The second kappa shape index (κ2) is 7.21. The Morgan fingerprint density at radius 2 is 1.57 bits per heavy atom. The molecule has 0 bridgehead atoms. The topological polar surface area (TPSA) is 83.6 Å². The number of phenols is 1. The minimum atomic E-state index is 0.0759. The summed E-state index contributed by atoms with van der Waals surface area (Å²) >= 11 is 0.800. The molecule has 0 heterocycles. The molecule has 0 unspecified atom stereocenters. The van der Waals surface area contributed by atoms with Gasteiger partial charge in [0.2, 0.25) is 0 Å². The quantitative estimate of drug-likeness (QED) is 0.284. The van der Waals surface area contributed by atoms with E-state index in [1.807, 2.05) is 30.3 Å². The van der Waals surface area contributed by atoms with Gasteiger partial charge in [-0.3, -0.25) is 0 Å². The summed E-state index contributed by atoms with van der Waals surface area (Å²) in [6, 6.07) is 18.1. The first-order chi connectivity index (χ1) is 11.3. The molecule has 0 atom stereocenters. The van der Waals surface area contributed by atoms with Gasteiger partial charge in [0, 0.05) is 5.39 Å². The van der Waals surface area contributed by atoms with Crippen molar-refractivity contribution in [3.05, 3.63) is 60.7 Å². The highest BCUT2D eigenvalue weighted by Gasteiger charge is 2.07. The lowest BCUT2D eigenvalue weighted by Crippen LogP contribution is -1.79. The van der Waals surface area contributed by atoms with Crippen LogP contribution in [0.25, 0.3) is 10.8 Å². The van der Waals surface area contributed by atoms with Crippen LogP contribution >= 0.6 is 12.0 Å². The van der Waals surface area contributed by atoms with E-state index in [1.165, 1.54) is 0 Å². The van der Waals surface area contributed by atoms with E-state index in [2.05, 4.69) is 19.6 Å². The first-order valence-corrected chi connectivity index (χ1v) is 7.40. The van der Waals surface area contributed by atoms with Gasteiger partial charge in [-0.1, -0.05) is 47.5 Å². The van der Waals surface area contributed by atoms with Crippen LogP contribution in [0.2, 0.25) is 0 Å². The fraction of sp³-hybridized carbons (Fsp3) is 0. The van der Waals surface area contributed by atoms with E-state index in [0.29, 0.717) is 21.7 Å². The summed E-state index contributed by atoms with van der Waals surface area (Å²) < 4.78 is 4.41. The molecule has 116 valence electrons. The van der Waals surface area contributed by atoms with Gasteiger partial charge in [0.05, 0.1) is 16.9 Å². The van der Waals surface area contributed by atoms with Crippen molar-refractivity contribution < 1.29 is 19.7 Å². The Bertz CT molecular complexity index is 854. The van der Waals surface area contributed by atoms with Crippen LogP contribution in [0.1, 0.15) is 0 Å². The summed E-state index contributed by atoms with van der Waals surface area (Å²) in [6.45, 7) is 0. The summed E-state index contributed by atoms with van der Waals surface area (Å²) in [5, 5.41) is 32.0. The summed E-state index contributed by atoms with van der Waals surface area (Å²) in [6.07, 6.45) is 0. The average molecular weight is 328 g/mol. The van der Waals surface area contributed by atoms with E-state index in [0.717, 1.165) is 17.4 Å². The third-order valence-corrected chi connectivity index (χ3v) is 3.82. The van der Waals surface area contributed by atoms with Crippen molar-refractivity contribution in [1.82, 2.24) is 0 Å². The molecule has 2 N–H and O–H groups in total. The molecule has 3 aromatic carbocycles. The standard InChI is InChI=1S/C16H12N2O4S/c19-16-12-6-2-1-5-11(12)9-10-14(16)18-17-13-7-3-4-8-15(13)23-22-21-20/h1-10,19-20H. The van der Waals surface area contributed by atoms with Crippen molar-refractivity contribution in [2.24, 2.45) is 10.2 Å². The smallest absolute Gasteiger partial charge is 0.150 e. The minimum Gasteiger partial charge on any atom is -0.505 e. The van der Waals surface area contributed by atoms with Gasteiger partial charge in [0.25, 0.3) is 0 Å². The zero-order valence-corrected chi connectivity index (χ0v) is 12.6. The molecule has 0 aromatic heterocycles. The Labute approximate surface area is 136 Å². The maximum atomic E-state index is 10.3. The van der Waals surface area contributed by atoms with Crippen LogP contribution in [-0.2, 0) is 9.37 Å². The van der Waals surface area contributed by atoms with E-state index in [-0.39, 0.29) is 5.75 Å². The van der Waals surface area contributed by atoms with E-state index in [4.69, 9.17) is 5.26 Å². The molecule has 0 amide bonds. The normalized spacial score (nSPS) is 11.3. The SMILES string of the molecule is OOOSc1ccccc1N=Nc1ccc2ccccc2c1O. The van der Waals surface area contributed by atoms with Crippen molar-refractivity contribution in [2.45, 2.75) is 4.90 Å². The van der Waals surface area contributed by atoms with E-state index >= 15 is 0 Å². The van der Waals surface area contributed by atoms with Crippen LogP contribution in [0, 0.1) is 0 Å². The number of aromatic hydroxyl groups is 1. The lowest BCUT2D eigenvalue weighted by atomic mass is 10.1. The van der Waals surface area contributed by atoms with Crippen molar-refractivity contribution in [3.8, 4) is 5.75 Å². The van der Waals surface area contributed by atoms with Gasteiger partial charge >= 0.3 is 0 Å². The Morgan fingerprint density at radius 3 is 2.43 bits per heavy atom. The molecule has 0 aliphatic carbocycles. The molecular weight excluding hydrogens is 316 g/mol. The van der Waals surface area contributed by atoms with Gasteiger partial charge in [-0.25, -0.2) is 5.26 Å². The van der Waals surface area contributed by atoms with Crippen LogP contribution in [-0.4, -0.2) is 10.4 Å². The predicted molar refractivity (Wildman–Crippen MR) is 86.9 cm³/mol. The number of benzene rings is 3. The monoisotopic (exact) mass is 328 g/mol. The Balaban J connectivity index is 1.93. The van der Waals surface area contributed by atoms with Crippen LogP contribution < -0.4 is 0 Å². The number of nitrogens with zero attached hydrogens (tertiary/aromatic N) is 2. The van der Waals surface area contributed by atoms with Crippen LogP contribution in [0.5, 0.6) is 5.75 Å². The molecule has 6 nitrogen and oxygen atoms in total. The molecule has 0 fully saturated rings. The van der Waals surface area contributed by atoms with Gasteiger partial charge in [0.15, 0.2) is 5.75 Å². The minimum absolute atomic E-state index is 0.0759. The largest absolute Gasteiger partial charge is 0.505 e. The van der Waals surface area contributed by atoms with Crippen molar-refractivity contribution in [1.29, 1.82) is 0 Å². The number of azo groups is 1. The van der Waals surface area contributed by atoms with E-state index in [9.17, 15) is 5.11 Å². The van der Waals surface area contributed by atoms with Gasteiger partial charge in [-0.15, -0.1) is 14.6 Å². The fourth-order valence-electron chi connectivity index (χ4n) is 2.09. The van der Waals surface area contributed by atoms with Crippen LogP contribution in [0.15, 0.2) is 75.8 Å². The van der Waals surface area contributed by atoms with Crippen LogP contribution in [0.4, 0.5) is 11.4 Å². The maximum absolute atomic E-state index is 10.3. The molecular formula is C16H12N2O4S. The van der Waals surface area contributed by atoms with Gasteiger partial charge < -0.3 is 5.11 Å².